The Bertz CT molecular complexity index is 605. The number of nitrogens with one attached hydrogen (secondary N) is 2. The predicted octanol–water partition coefficient (Wildman–Crippen LogP) is 2.08. The van der Waals surface area contributed by atoms with Gasteiger partial charge in [-0.2, -0.15) is 0 Å². The first-order chi connectivity index (χ1) is 11.7. The normalized spacial score (nSPS) is 25.2. The molecule has 0 radical (unpaired) electrons. The molecule has 6 nitrogen and oxygen atoms in total. The van der Waals surface area contributed by atoms with Gasteiger partial charge in [-0.25, -0.2) is 0 Å². The number of hydrogen-bond donors (Lipinski definition) is 3. The topological polar surface area (TPSA) is 93.5 Å². The fourth-order valence-electron chi connectivity index (χ4n) is 3.51. The summed E-state index contributed by atoms with van der Waals surface area (Å²) in [6.45, 7) is 1.23. The van der Waals surface area contributed by atoms with Crippen molar-refractivity contribution in [1.82, 2.24) is 5.32 Å². The fourth-order valence-corrected chi connectivity index (χ4v) is 3.51. The highest BCUT2D eigenvalue weighted by Gasteiger charge is 2.28. The van der Waals surface area contributed by atoms with Gasteiger partial charge >= 0.3 is 0 Å². The molecule has 1 aromatic carbocycles. The summed E-state index contributed by atoms with van der Waals surface area (Å²) in [5.74, 6) is 0.0916. The zero-order valence-corrected chi connectivity index (χ0v) is 15.0. The molecule has 1 saturated heterocycles. The van der Waals surface area contributed by atoms with E-state index in [1.165, 1.54) is 0 Å². The van der Waals surface area contributed by atoms with Crippen LogP contribution in [0.15, 0.2) is 24.3 Å². The number of rotatable bonds is 5. The first-order valence-corrected chi connectivity index (χ1v) is 8.71. The Morgan fingerprint density at radius 3 is 2.76 bits per heavy atom. The molecule has 1 saturated carbocycles. The number of carbonyl (C=O) groups is 2. The third-order valence-electron chi connectivity index (χ3n) is 4.89. The molecule has 25 heavy (non-hydrogen) atoms. The summed E-state index contributed by atoms with van der Waals surface area (Å²) < 4.78 is 5.37. The highest BCUT2D eigenvalue weighted by Crippen LogP contribution is 2.25. The van der Waals surface area contributed by atoms with Crippen molar-refractivity contribution in [2.24, 2.45) is 11.7 Å². The third kappa shape index (κ3) is 4.93. The van der Waals surface area contributed by atoms with Gasteiger partial charge in [-0.1, -0.05) is 12.5 Å². The Morgan fingerprint density at radius 2 is 2.04 bits per heavy atom. The minimum Gasteiger partial charge on any atom is -0.368 e. The van der Waals surface area contributed by atoms with Crippen LogP contribution in [-0.2, 0) is 9.53 Å². The molecule has 0 spiro atoms. The van der Waals surface area contributed by atoms with Gasteiger partial charge in [0.25, 0.3) is 11.8 Å². The molecule has 1 aliphatic heterocycles. The molecule has 3 rings (SSSR count). The van der Waals surface area contributed by atoms with Gasteiger partial charge in [-0.05, 0) is 56.3 Å². The molecule has 3 unspecified atom stereocenters. The summed E-state index contributed by atoms with van der Waals surface area (Å²) in [5, 5.41) is 5.90. The number of ether oxygens (including phenoxy) is 1. The second-order valence-electron chi connectivity index (χ2n) is 6.58. The standard InChI is InChI=1S/C18H25N3O3.ClH/c19-11-13-5-2-7-15(13)21-17(22)12-4-1-6-14(10-12)20-18(23)16-8-3-9-24-16;/h1,4,6,10,13,15-16H,2-3,5,7-9,11,19H2,(H,20,23)(H,21,22);1H. The van der Waals surface area contributed by atoms with Crippen LogP contribution in [-0.4, -0.2) is 37.1 Å². The summed E-state index contributed by atoms with van der Waals surface area (Å²) in [6, 6.07) is 7.15. The molecule has 138 valence electrons. The summed E-state index contributed by atoms with van der Waals surface area (Å²) in [4.78, 5) is 24.6. The number of carbonyl (C=O) groups excluding carboxylic acids is 2. The van der Waals surface area contributed by atoms with Crippen molar-refractivity contribution in [3.8, 4) is 0 Å². The van der Waals surface area contributed by atoms with E-state index in [1.54, 1.807) is 24.3 Å². The van der Waals surface area contributed by atoms with Crippen LogP contribution in [0.1, 0.15) is 42.5 Å². The summed E-state index contributed by atoms with van der Waals surface area (Å²) in [5.41, 5.74) is 6.93. The quantitative estimate of drug-likeness (QED) is 0.742. The maximum absolute atomic E-state index is 12.5. The van der Waals surface area contributed by atoms with Crippen LogP contribution >= 0.6 is 12.4 Å². The first kappa shape index (κ1) is 19.7. The van der Waals surface area contributed by atoms with Crippen molar-refractivity contribution < 1.29 is 14.3 Å². The van der Waals surface area contributed by atoms with Crippen LogP contribution in [0, 0.1) is 5.92 Å². The highest BCUT2D eigenvalue weighted by molar-refractivity contribution is 5.98. The van der Waals surface area contributed by atoms with Gasteiger partial charge in [0, 0.05) is 23.9 Å². The molecule has 7 heteroatoms. The minimum atomic E-state index is -0.383. The van der Waals surface area contributed by atoms with E-state index in [4.69, 9.17) is 10.5 Å². The zero-order valence-electron chi connectivity index (χ0n) is 14.2. The molecular formula is C18H26ClN3O3. The maximum Gasteiger partial charge on any atom is 0.253 e. The van der Waals surface area contributed by atoms with E-state index in [0.29, 0.717) is 30.3 Å². The lowest BCUT2D eigenvalue weighted by molar-refractivity contribution is -0.124. The number of halogens is 1. The number of amides is 2. The Labute approximate surface area is 154 Å². The van der Waals surface area contributed by atoms with Crippen LogP contribution in [0.5, 0.6) is 0 Å². The van der Waals surface area contributed by atoms with Crippen molar-refractivity contribution in [2.75, 3.05) is 18.5 Å². The van der Waals surface area contributed by atoms with Gasteiger partial charge in [0.05, 0.1) is 0 Å². The second-order valence-corrected chi connectivity index (χ2v) is 6.58. The van der Waals surface area contributed by atoms with Crippen LogP contribution in [0.3, 0.4) is 0 Å². The molecule has 0 aromatic heterocycles. The van der Waals surface area contributed by atoms with E-state index >= 15 is 0 Å². The van der Waals surface area contributed by atoms with Gasteiger partial charge in [0.2, 0.25) is 0 Å². The van der Waals surface area contributed by atoms with Crippen LogP contribution in [0.25, 0.3) is 0 Å². The largest absolute Gasteiger partial charge is 0.368 e. The van der Waals surface area contributed by atoms with Gasteiger partial charge in [0.15, 0.2) is 0 Å². The Kier molecular flexibility index (Phi) is 7.23. The van der Waals surface area contributed by atoms with E-state index in [2.05, 4.69) is 10.6 Å². The lowest BCUT2D eigenvalue weighted by Crippen LogP contribution is -2.39. The highest BCUT2D eigenvalue weighted by atomic mass is 35.5. The van der Waals surface area contributed by atoms with Gasteiger partial charge in [0.1, 0.15) is 6.10 Å². The zero-order chi connectivity index (χ0) is 16.9. The van der Waals surface area contributed by atoms with E-state index < -0.39 is 0 Å². The molecule has 2 amide bonds. The Morgan fingerprint density at radius 1 is 1.20 bits per heavy atom. The van der Waals surface area contributed by atoms with Crippen molar-refractivity contribution in [3.05, 3.63) is 29.8 Å². The maximum atomic E-state index is 12.5. The monoisotopic (exact) mass is 367 g/mol. The Hall–Kier alpha value is -1.63. The molecule has 2 fully saturated rings. The predicted molar refractivity (Wildman–Crippen MR) is 98.9 cm³/mol. The van der Waals surface area contributed by atoms with Gasteiger partial charge in [-0.15, -0.1) is 12.4 Å². The number of hydrogen-bond acceptors (Lipinski definition) is 4. The van der Waals surface area contributed by atoms with Gasteiger partial charge in [-0.3, -0.25) is 9.59 Å². The van der Waals surface area contributed by atoms with Crippen molar-refractivity contribution in [2.45, 2.75) is 44.2 Å². The third-order valence-corrected chi connectivity index (χ3v) is 4.89. The molecule has 1 aliphatic carbocycles. The molecule has 1 aromatic rings. The van der Waals surface area contributed by atoms with Crippen molar-refractivity contribution >= 4 is 29.9 Å². The SMILES string of the molecule is Cl.NCC1CCCC1NC(=O)c1cccc(NC(=O)C2CCCO2)c1. The van der Waals surface area contributed by atoms with Crippen LogP contribution < -0.4 is 16.4 Å². The summed E-state index contributed by atoms with van der Waals surface area (Å²) in [6.07, 6.45) is 4.41. The van der Waals surface area contributed by atoms with E-state index in [0.717, 1.165) is 32.1 Å². The second kappa shape index (κ2) is 9.17. The number of anilines is 1. The minimum absolute atomic E-state index is 0. The van der Waals surface area contributed by atoms with Crippen molar-refractivity contribution in [1.29, 1.82) is 0 Å². The molecule has 4 N–H and O–H groups in total. The van der Waals surface area contributed by atoms with E-state index in [9.17, 15) is 9.59 Å². The van der Waals surface area contributed by atoms with E-state index in [-0.39, 0.29) is 36.4 Å². The summed E-state index contributed by atoms with van der Waals surface area (Å²) in [7, 11) is 0. The van der Waals surface area contributed by atoms with Gasteiger partial charge < -0.3 is 21.1 Å². The molecule has 2 aliphatic rings. The van der Waals surface area contributed by atoms with Crippen LogP contribution in [0.2, 0.25) is 0 Å². The Balaban J connectivity index is 0.00000225. The molecule has 3 atom stereocenters. The van der Waals surface area contributed by atoms with E-state index in [1.807, 2.05) is 0 Å². The molecule has 0 bridgehead atoms. The molecule has 1 heterocycles. The van der Waals surface area contributed by atoms with Crippen molar-refractivity contribution in [3.63, 3.8) is 0 Å². The average Bonchev–Trinajstić information content (AvgIpc) is 3.26. The van der Waals surface area contributed by atoms with Crippen LogP contribution in [0.4, 0.5) is 5.69 Å². The first-order valence-electron chi connectivity index (χ1n) is 8.71. The molecular weight excluding hydrogens is 342 g/mol. The number of benzene rings is 1. The lowest BCUT2D eigenvalue weighted by atomic mass is 10.0. The smallest absolute Gasteiger partial charge is 0.253 e. The number of nitrogens with two attached hydrogens (primary N) is 1. The average molecular weight is 368 g/mol. The fraction of sp³-hybridized carbons (Fsp3) is 0.556. The summed E-state index contributed by atoms with van der Waals surface area (Å²) >= 11 is 0. The lowest BCUT2D eigenvalue weighted by Gasteiger charge is -2.19.